The van der Waals surface area contributed by atoms with Gasteiger partial charge in [0.1, 0.15) is 28.7 Å². The lowest BCUT2D eigenvalue weighted by molar-refractivity contribution is -0.278. The van der Waals surface area contributed by atoms with Gasteiger partial charge in [-0.3, -0.25) is 0 Å². The molecule has 0 saturated heterocycles. The van der Waals surface area contributed by atoms with E-state index in [1.807, 2.05) is 0 Å². The molecule has 0 amide bonds. The van der Waals surface area contributed by atoms with Crippen molar-refractivity contribution in [1.82, 2.24) is 0 Å². The van der Waals surface area contributed by atoms with Crippen LogP contribution in [0.2, 0.25) is 0 Å². The van der Waals surface area contributed by atoms with Crippen LogP contribution in [0.3, 0.4) is 0 Å². The average molecular weight is 627 g/mol. The van der Waals surface area contributed by atoms with E-state index in [1.54, 1.807) is 6.92 Å². The van der Waals surface area contributed by atoms with Crippen LogP contribution in [0.4, 0.5) is 39.5 Å². The van der Waals surface area contributed by atoms with Crippen LogP contribution in [0.25, 0.3) is 0 Å². The van der Waals surface area contributed by atoms with E-state index in [-0.39, 0.29) is 36.5 Å². The first-order valence-corrected chi connectivity index (χ1v) is 14.6. The minimum absolute atomic E-state index is 0.0878. The van der Waals surface area contributed by atoms with Crippen molar-refractivity contribution in [3.05, 3.63) is 59.2 Å². The zero-order chi connectivity index (χ0) is 31.4. The Balaban J connectivity index is 1.18. The highest BCUT2D eigenvalue weighted by Gasteiger charge is 2.45. The van der Waals surface area contributed by atoms with Crippen molar-refractivity contribution in [3.63, 3.8) is 0 Å². The standard InChI is InChI=1S/C31H35F9O3/c1-2-41-23-15-11-22(12-16-23)30(37,38)42-24-13-7-20(8-14-24)4-3-19-5-9-21(10-6-19)31(39,40)43-25-17-26(32)28(27(33)18-25)29(34,35)36/h11-12,15-21,24H,2-10,13-14H2,1H3. The second kappa shape index (κ2) is 13.6. The van der Waals surface area contributed by atoms with Crippen LogP contribution in [0, 0.1) is 29.4 Å². The second-order valence-electron chi connectivity index (χ2n) is 11.5. The quantitative estimate of drug-likeness (QED) is 0.232. The van der Waals surface area contributed by atoms with Gasteiger partial charge >= 0.3 is 18.4 Å². The van der Waals surface area contributed by atoms with Crippen molar-refractivity contribution in [2.75, 3.05) is 6.61 Å². The zero-order valence-corrected chi connectivity index (χ0v) is 23.7. The van der Waals surface area contributed by atoms with E-state index in [2.05, 4.69) is 4.74 Å². The molecule has 0 bridgehead atoms. The predicted octanol–water partition coefficient (Wildman–Crippen LogP) is 10.3. The van der Waals surface area contributed by atoms with Gasteiger partial charge in [0.05, 0.1) is 24.2 Å². The maximum atomic E-state index is 14.7. The first-order valence-electron chi connectivity index (χ1n) is 14.6. The Morgan fingerprint density at radius 1 is 0.698 bits per heavy atom. The normalized spacial score (nSPS) is 23.7. The Morgan fingerprint density at radius 2 is 1.21 bits per heavy atom. The largest absolute Gasteiger partial charge is 0.494 e. The molecule has 0 aliphatic heterocycles. The van der Waals surface area contributed by atoms with Crippen LogP contribution >= 0.6 is 0 Å². The lowest BCUT2D eigenvalue weighted by Crippen LogP contribution is -2.37. The van der Waals surface area contributed by atoms with E-state index in [0.717, 1.165) is 25.7 Å². The number of hydrogen-bond donors (Lipinski definition) is 0. The summed E-state index contributed by atoms with van der Waals surface area (Å²) in [6.45, 7) is 2.24. The number of ether oxygens (including phenoxy) is 3. The summed E-state index contributed by atoms with van der Waals surface area (Å²) in [5, 5.41) is 0. The summed E-state index contributed by atoms with van der Waals surface area (Å²) in [6.07, 6.45) is -7.88. The molecule has 43 heavy (non-hydrogen) atoms. The second-order valence-corrected chi connectivity index (χ2v) is 11.5. The van der Waals surface area contributed by atoms with Crippen molar-refractivity contribution in [2.24, 2.45) is 17.8 Å². The fourth-order valence-corrected chi connectivity index (χ4v) is 6.11. The monoisotopic (exact) mass is 626 g/mol. The first kappa shape index (κ1) is 33.3. The Hall–Kier alpha value is -2.63. The highest BCUT2D eigenvalue weighted by atomic mass is 19.4. The molecule has 2 aliphatic carbocycles. The molecule has 0 N–H and O–H groups in total. The van der Waals surface area contributed by atoms with Gasteiger partial charge in [-0.15, -0.1) is 0 Å². The number of hydrogen-bond acceptors (Lipinski definition) is 3. The van der Waals surface area contributed by atoms with Crippen LogP contribution in [0.1, 0.15) is 82.3 Å². The summed E-state index contributed by atoms with van der Waals surface area (Å²) in [5.41, 5.74) is -2.39. The molecule has 240 valence electrons. The molecule has 2 aromatic carbocycles. The van der Waals surface area contributed by atoms with Crippen LogP contribution in [0.15, 0.2) is 36.4 Å². The third-order valence-corrected chi connectivity index (χ3v) is 8.47. The number of benzene rings is 2. The van der Waals surface area contributed by atoms with Gasteiger partial charge in [-0.05, 0) is 94.4 Å². The van der Waals surface area contributed by atoms with Gasteiger partial charge in [0.25, 0.3) is 0 Å². The van der Waals surface area contributed by atoms with Gasteiger partial charge in [0, 0.05) is 12.1 Å². The van der Waals surface area contributed by atoms with E-state index < -0.39 is 53.4 Å². The molecule has 0 aromatic heterocycles. The highest BCUT2D eigenvalue weighted by Crippen LogP contribution is 2.44. The Kier molecular flexibility index (Phi) is 10.5. The molecule has 12 heteroatoms. The third kappa shape index (κ3) is 8.73. The van der Waals surface area contributed by atoms with Gasteiger partial charge in [-0.2, -0.15) is 30.7 Å². The van der Waals surface area contributed by atoms with Crippen molar-refractivity contribution in [1.29, 1.82) is 0 Å². The molecule has 4 rings (SSSR count). The molecule has 0 atom stereocenters. The molecule has 2 saturated carbocycles. The lowest BCUT2D eigenvalue weighted by Gasteiger charge is -2.35. The number of halogens is 9. The molecule has 2 fully saturated rings. The topological polar surface area (TPSA) is 27.7 Å². The smallest absolute Gasteiger partial charge is 0.422 e. The molecule has 0 spiro atoms. The van der Waals surface area contributed by atoms with E-state index >= 15 is 0 Å². The van der Waals surface area contributed by atoms with Gasteiger partial charge in [-0.25, -0.2) is 8.78 Å². The van der Waals surface area contributed by atoms with E-state index in [9.17, 15) is 39.5 Å². The maximum Gasteiger partial charge on any atom is 0.422 e. The van der Waals surface area contributed by atoms with Crippen molar-refractivity contribution < 1.29 is 53.7 Å². The minimum Gasteiger partial charge on any atom is -0.494 e. The fourth-order valence-electron chi connectivity index (χ4n) is 6.11. The molecular weight excluding hydrogens is 591 g/mol. The predicted molar refractivity (Wildman–Crippen MR) is 140 cm³/mol. The third-order valence-electron chi connectivity index (χ3n) is 8.47. The lowest BCUT2D eigenvalue weighted by atomic mass is 9.76. The molecule has 3 nitrogen and oxygen atoms in total. The van der Waals surface area contributed by atoms with Crippen LogP contribution in [-0.2, 0) is 17.0 Å². The summed E-state index contributed by atoms with van der Waals surface area (Å²) in [6, 6.07) is 5.79. The molecule has 2 aliphatic rings. The van der Waals surface area contributed by atoms with Crippen molar-refractivity contribution >= 4 is 0 Å². The van der Waals surface area contributed by atoms with Gasteiger partial charge < -0.3 is 14.2 Å². The summed E-state index contributed by atoms with van der Waals surface area (Å²) in [7, 11) is 0. The number of alkyl halides is 7. The summed E-state index contributed by atoms with van der Waals surface area (Å²) in [5.74, 6) is -5.29. The maximum absolute atomic E-state index is 14.7. The van der Waals surface area contributed by atoms with E-state index in [1.165, 1.54) is 24.3 Å². The molecule has 2 aromatic rings. The van der Waals surface area contributed by atoms with Gasteiger partial charge in [0.15, 0.2) is 0 Å². The van der Waals surface area contributed by atoms with Crippen LogP contribution < -0.4 is 9.47 Å². The summed E-state index contributed by atoms with van der Waals surface area (Å²) < 4.78 is 140. The first-order chi connectivity index (χ1) is 20.2. The molecule has 0 heterocycles. The Labute approximate surface area is 244 Å². The highest BCUT2D eigenvalue weighted by molar-refractivity contribution is 5.32. The summed E-state index contributed by atoms with van der Waals surface area (Å²) in [4.78, 5) is 0. The van der Waals surface area contributed by atoms with Gasteiger partial charge in [-0.1, -0.05) is 12.8 Å². The molecule has 0 unspecified atom stereocenters. The number of rotatable bonds is 11. The minimum atomic E-state index is -5.31. The molecule has 0 radical (unpaired) electrons. The Morgan fingerprint density at radius 3 is 1.70 bits per heavy atom. The Bertz CT molecular complexity index is 1160. The van der Waals surface area contributed by atoms with Crippen LogP contribution in [-0.4, -0.2) is 18.8 Å². The van der Waals surface area contributed by atoms with Gasteiger partial charge in [0.2, 0.25) is 0 Å². The summed E-state index contributed by atoms with van der Waals surface area (Å²) >= 11 is 0. The fraction of sp³-hybridized carbons (Fsp3) is 0.613. The van der Waals surface area contributed by atoms with Crippen molar-refractivity contribution in [2.45, 2.75) is 95.6 Å². The van der Waals surface area contributed by atoms with E-state index in [0.29, 0.717) is 44.0 Å². The SMILES string of the molecule is CCOc1ccc(C(F)(F)OC2CCC(CCC3CCC(C(F)(F)Oc4cc(F)c(C(F)(F)F)c(F)c4)CC3)CC2)cc1. The van der Waals surface area contributed by atoms with Crippen LogP contribution in [0.5, 0.6) is 11.5 Å². The average Bonchev–Trinajstić information content (AvgIpc) is 2.92. The van der Waals surface area contributed by atoms with Crippen molar-refractivity contribution in [3.8, 4) is 11.5 Å². The molecular formula is C31H35F9O3. The van der Waals surface area contributed by atoms with E-state index in [4.69, 9.17) is 9.47 Å². The zero-order valence-electron chi connectivity index (χ0n) is 23.7.